The van der Waals surface area contributed by atoms with Gasteiger partial charge in [0.25, 0.3) is 0 Å². The van der Waals surface area contributed by atoms with Crippen molar-refractivity contribution in [1.29, 1.82) is 0 Å². The molecule has 6 heterocycles. The van der Waals surface area contributed by atoms with Crippen molar-refractivity contribution in [3.63, 3.8) is 0 Å². The van der Waals surface area contributed by atoms with E-state index in [1.165, 1.54) is 0 Å². The largest absolute Gasteiger partial charge is 0.411 e. The van der Waals surface area contributed by atoms with Gasteiger partial charge in [-0.25, -0.2) is 19.9 Å². The van der Waals surface area contributed by atoms with E-state index in [2.05, 4.69) is 71.5 Å². The number of hydrogen-bond acceptors (Lipinski definition) is 8. The summed E-state index contributed by atoms with van der Waals surface area (Å²) in [5.74, 6) is 0.800. The predicted octanol–water partition coefficient (Wildman–Crippen LogP) is 6.79. The third-order valence-corrected chi connectivity index (χ3v) is 9.03. The Kier molecular flexibility index (Phi) is 7.09. The molecule has 1 N–H and O–H groups in total. The fraction of sp³-hybridized carbons (Fsp3) is 0.162. The first-order valence-corrected chi connectivity index (χ1v) is 15.6. The Morgan fingerprint density at radius 3 is 1.57 bits per heavy atom. The maximum Gasteiger partial charge on any atom is 0.233 e. The summed E-state index contributed by atoms with van der Waals surface area (Å²) in [5.41, 5.74) is 8.75. The van der Waals surface area contributed by atoms with Crippen molar-refractivity contribution in [2.45, 2.75) is 38.5 Å². The molecule has 10 nitrogen and oxygen atoms in total. The van der Waals surface area contributed by atoms with Crippen LogP contribution in [0.25, 0.3) is 33.4 Å². The standard InChI is InChI=1S/C37H31N9O/c1-23(29-17-40-36-42-19-31(45(36)21-29)15-25-7-9-33-27(13-25)5-3-11-38-33)35(44-47)24(2)30-18-41-37-43-20-32(46(37)22-30)16-26-8-10-34-28(14-26)6-4-12-39-34/h3-14,17-24,47H,15-16H2,1-2H3. The number of imidazole rings is 2. The average molecular weight is 618 g/mol. The summed E-state index contributed by atoms with van der Waals surface area (Å²) in [6, 6.07) is 20.7. The quantitative estimate of drug-likeness (QED) is 0.113. The topological polar surface area (TPSA) is 119 Å². The monoisotopic (exact) mass is 617 g/mol. The molecule has 0 aliphatic heterocycles. The Balaban J connectivity index is 1.06. The molecule has 2 atom stereocenters. The molecule has 0 amide bonds. The molecule has 0 aliphatic rings. The molecule has 0 bridgehead atoms. The Hall–Kier alpha value is -6.03. The number of pyridine rings is 2. The van der Waals surface area contributed by atoms with E-state index in [0.717, 1.165) is 55.4 Å². The van der Waals surface area contributed by atoms with Crippen LogP contribution in [-0.2, 0) is 12.8 Å². The maximum absolute atomic E-state index is 10.3. The van der Waals surface area contributed by atoms with Gasteiger partial charge in [0.1, 0.15) is 0 Å². The van der Waals surface area contributed by atoms with E-state index in [1.54, 1.807) is 12.4 Å². The zero-order valence-corrected chi connectivity index (χ0v) is 25.9. The molecule has 8 rings (SSSR count). The minimum Gasteiger partial charge on any atom is -0.411 e. The van der Waals surface area contributed by atoms with Crippen molar-refractivity contribution >= 4 is 39.1 Å². The summed E-state index contributed by atoms with van der Waals surface area (Å²) in [5, 5.41) is 16.3. The molecule has 230 valence electrons. The molecule has 0 saturated carbocycles. The first kappa shape index (κ1) is 28.4. The fourth-order valence-electron chi connectivity index (χ4n) is 6.36. The number of benzene rings is 2. The van der Waals surface area contributed by atoms with Crippen LogP contribution in [0.4, 0.5) is 0 Å². The molecule has 2 aromatic carbocycles. The molecule has 6 aromatic heterocycles. The number of fused-ring (bicyclic) bond motifs is 4. The predicted molar refractivity (Wildman–Crippen MR) is 181 cm³/mol. The van der Waals surface area contributed by atoms with E-state index in [9.17, 15) is 5.21 Å². The third-order valence-electron chi connectivity index (χ3n) is 9.03. The zero-order valence-electron chi connectivity index (χ0n) is 25.9. The lowest BCUT2D eigenvalue weighted by molar-refractivity contribution is 0.314. The van der Waals surface area contributed by atoms with E-state index >= 15 is 0 Å². The van der Waals surface area contributed by atoms with Crippen LogP contribution in [0.2, 0.25) is 0 Å². The third kappa shape index (κ3) is 5.33. The van der Waals surface area contributed by atoms with Gasteiger partial charge in [0.15, 0.2) is 0 Å². The number of rotatable bonds is 8. The van der Waals surface area contributed by atoms with E-state index in [0.29, 0.717) is 30.1 Å². The van der Waals surface area contributed by atoms with Crippen molar-refractivity contribution < 1.29 is 5.21 Å². The molecule has 0 fully saturated rings. The van der Waals surface area contributed by atoms with Gasteiger partial charge in [-0.15, -0.1) is 0 Å². The number of hydrogen-bond donors (Lipinski definition) is 1. The highest BCUT2D eigenvalue weighted by Gasteiger charge is 2.24. The first-order valence-electron chi connectivity index (χ1n) is 15.6. The van der Waals surface area contributed by atoms with Crippen molar-refractivity contribution in [3.05, 3.63) is 144 Å². The molecule has 47 heavy (non-hydrogen) atoms. The summed E-state index contributed by atoms with van der Waals surface area (Å²) in [7, 11) is 0. The highest BCUT2D eigenvalue weighted by atomic mass is 16.4. The lowest BCUT2D eigenvalue weighted by Crippen LogP contribution is -2.19. The Labute approximate surface area is 270 Å². The maximum atomic E-state index is 10.3. The van der Waals surface area contributed by atoms with Crippen molar-refractivity contribution in [1.82, 2.24) is 38.7 Å². The van der Waals surface area contributed by atoms with Crippen LogP contribution in [0.3, 0.4) is 0 Å². The van der Waals surface area contributed by atoms with Crippen LogP contribution < -0.4 is 0 Å². The summed E-state index contributed by atoms with van der Waals surface area (Å²) in [4.78, 5) is 27.2. The van der Waals surface area contributed by atoms with Gasteiger partial charge < -0.3 is 5.21 Å². The second-order valence-corrected chi connectivity index (χ2v) is 12.0. The van der Waals surface area contributed by atoms with Crippen LogP contribution in [-0.4, -0.2) is 49.6 Å². The second-order valence-electron chi connectivity index (χ2n) is 12.0. The highest BCUT2D eigenvalue weighted by molar-refractivity contribution is 5.95. The van der Waals surface area contributed by atoms with Crippen LogP contribution >= 0.6 is 0 Å². The van der Waals surface area contributed by atoms with E-state index in [-0.39, 0.29) is 11.8 Å². The number of oxime groups is 1. The van der Waals surface area contributed by atoms with E-state index < -0.39 is 0 Å². The van der Waals surface area contributed by atoms with Crippen LogP contribution in [0.15, 0.2) is 115 Å². The van der Waals surface area contributed by atoms with Crippen molar-refractivity contribution in [2.24, 2.45) is 5.16 Å². The van der Waals surface area contributed by atoms with Gasteiger partial charge in [0.2, 0.25) is 11.6 Å². The summed E-state index contributed by atoms with van der Waals surface area (Å²) in [6.07, 6.45) is 16.4. The molecular weight excluding hydrogens is 586 g/mol. The minimum absolute atomic E-state index is 0.224. The fourth-order valence-corrected chi connectivity index (χ4v) is 6.36. The van der Waals surface area contributed by atoms with Gasteiger partial charge in [0.05, 0.1) is 29.1 Å². The molecule has 0 saturated heterocycles. The Bertz CT molecular complexity index is 2280. The number of nitrogens with zero attached hydrogens (tertiary/aromatic N) is 9. The lowest BCUT2D eigenvalue weighted by atomic mass is 9.87. The van der Waals surface area contributed by atoms with Gasteiger partial charge in [-0.1, -0.05) is 43.3 Å². The molecule has 10 heteroatoms. The average Bonchev–Trinajstić information content (AvgIpc) is 3.71. The SMILES string of the molecule is CC(C(=NO)C(C)c1cnc2ncc(Cc3ccc4ncccc4c3)n2c1)c1cnc2ncc(Cc3ccc4ncccc4c3)n2c1. The zero-order chi connectivity index (χ0) is 31.9. The molecule has 0 spiro atoms. The van der Waals surface area contributed by atoms with Gasteiger partial charge in [0, 0.05) is 84.0 Å². The summed E-state index contributed by atoms with van der Waals surface area (Å²) < 4.78 is 4.04. The minimum atomic E-state index is -0.224. The summed E-state index contributed by atoms with van der Waals surface area (Å²) in [6.45, 7) is 4.06. The van der Waals surface area contributed by atoms with Gasteiger partial charge in [-0.2, -0.15) is 0 Å². The van der Waals surface area contributed by atoms with E-state index in [4.69, 9.17) is 0 Å². The molecule has 8 aromatic rings. The van der Waals surface area contributed by atoms with Crippen LogP contribution in [0.1, 0.15) is 59.3 Å². The molecular formula is C37H31N9O. The normalized spacial score (nSPS) is 13.0. The van der Waals surface area contributed by atoms with Gasteiger partial charge in [-0.05, 0) is 58.7 Å². The molecule has 0 aliphatic carbocycles. The second kappa shape index (κ2) is 11.7. The van der Waals surface area contributed by atoms with Crippen LogP contribution in [0.5, 0.6) is 0 Å². The molecule has 0 radical (unpaired) electrons. The van der Waals surface area contributed by atoms with Gasteiger partial charge >= 0.3 is 0 Å². The number of aromatic nitrogens is 8. The molecule has 2 unspecified atom stereocenters. The first-order chi connectivity index (χ1) is 23.0. The van der Waals surface area contributed by atoms with Gasteiger partial charge in [-0.3, -0.25) is 18.8 Å². The smallest absolute Gasteiger partial charge is 0.233 e. The lowest BCUT2D eigenvalue weighted by Gasteiger charge is -2.20. The van der Waals surface area contributed by atoms with Crippen LogP contribution in [0, 0.1) is 0 Å². The van der Waals surface area contributed by atoms with E-state index in [1.807, 2.05) is 84.1 Å². The Morgan fingerprint density at radius 2 is 1.11 bits per heavy atom. The summed E-state index contributed by atoms with van der Waals surface area (Å²) >= 11 is 0. The highest BCUT2D eigenvalue weighted by Crippen LogP contribution is 2.28. The Morgan fingerprint density at radius 1 is 0.638 bits per heavy atom. The van der Waals surface area contributed by atoms with Crippen molar-refractivity contribution in [3.8, 4) is 0 Å². The van der Waals surface area contributed by atoms with Crippen molar-refractivity contribution in [2.75, 3.05) is 0 Å².